The molecule has 150 valence electrons. The van der Waals surface area contributed by atoms with Crippen molar-refractivity contribution in [3.63, 3.8) is 0 Å². The van der Waals surface area contributed by atoms with E-state index < -0.39 is 6.04 Å². The van der Waals surface area contributed by atoms with Crippen molar-refractivity contribution in [1.29, 1.82) is 0 Å². The Balaban J connectivity index is 2.15. The molecular weight excluding hydrogens is 416 g/mol. The van der Waals surface area contributed by atoms with Crippen LogP contribution in [-0.2, 0) is 22.6 Å². The van der Waals surface area contributed by atoms with E-state index in [0.29, 0.717) is 13.1 Å². The number of aryl methyl sites for hydroxylation is 1. The molecule has 1 atom stereocenters. The van der Waals surface area contributed by atoms with E-state index in [9.17, 15) is 9.59 Å². The minimum atomic E-state index is -0.529. The summed E-state index contributed by atoms with van der Waals surface area (Å²) in [4.78, 5) is 27.3. The van der Waals surface area contributed by atoms with Crippen LogP contribution in [0.15, 0.2) is 53.0 Å². The summed E-state index contributed by atoms with van der Waals surface area (Å²) < 4.78 is 0.985. The molecule has 0 saturated carbocycles. The van der Waals surface area contributed by atoms with E-state index in [1.54, 1.807) is 11.8 Å². The summed E-state index contributed by atoms with van der Waals surface area (Å²) in [5.74, 6) is -0.160. The Morgan fingerprint density at radius 2 is 1.64 bits per heavy atom. The van der Waals surface area contributed by atoms with E-state index >= 15 is 0 Å². The van der Waals surface area contributed by atoms with Crippen molar-refractivity contribution in [2.45, 2.75) is 52.6 Å². The second-order valence-electron chi connectivity index (χ2n) is 7.13. The number of halogens is 1. The normalized spacial score (nSPS) is 11.7. The van der Waals surface area contributed by atoms with Crippen molar-refractivity contribution in [2.75, 3.05) is 6.54 Å². The number of unbranched alkanes of at least 4 members (excludes halogenated alkanes) is 1. The van der Waals surface area contributed by atoms with Gasteiger partial charge in [0.2, 0.25) is 11.8 Å². The minimum Gasteiger partial charge on any atom is -0.354 e. The van der Waals surface area contributed by atoms with Gasteiger partial charge in [-0.15, -0.1) is 0 Å². The van der Waals surface area contributed by atoms with Crippen LogP contribution in [0.4, 0.5) is 0 Å². The second kappa shape index (κ2) is 11.0. The summed E-state index contributed by atoms with van der Waals surface area (Å²) in [6, 6.07) is 15.3. The van der Waals surface area contributed by atoms with Crippen molar-refractivity contribution < 1.29 is 9.59 Å². The third-order valence-corrected chi connectivity index (χ3v) is 5.27. The smallest absolute Gasteiger partial charge is 0.242 e. The maximum atomic E-state index is 13.1. The van der Waals surface area contributed by atoms with Crippen LogP contribution in [0, 0.1) is 6.92 Å². The monoisotopic (exact) mass is 444 g/mol. The zero-order valence-corrected chi connectivity index (χ0v) is 18.5. The predicted octanol–water partition coefficient (Wildman–Crippen LogP) is 4.63. The molecule has 28 heavy (non-hydrogen) atoms. The molecule has 0 radical (unpaired) electrons. The number of nitrogens with zero attached hydrogens (tertiary/aromatic N) is 1. The highest BCUT2D eigenvalue weighted by Crippen LogP contribution is 2.16. The molecule has 0 spiro atoms. The van der Waals surface area contributed by atoms with E-state index in [1.165, 1.54) is 0 Å². The molecule has 5 heteroatoms. The average Bonchev–Trinajstić information content (AvgIpc) is 2.68. The van der Waals surface area contributed by atoms with Gasteiger partial charge in [-0.05, 0) is 43.5 Å². The number of benzene rings is 2. The molecule has 2 aromatic rings. The summed E-state index contributed by atoms with van der Waals surface area (Å²) in [6.45, 7) is 6.94. The van der Waals surface area contributed by atoms with Crippen LogP contribution in [0.25, 0.3) is 0 Å². The summed E-state index contributed by atoms with van der Waals surface area (Å²) in [5, 5.41) is 2.94. The highest BCUT2D eigenvalue weighted by molar-refractivity contribution is 9.10. The Bertz CT molecular complexity index is 772. The van der Waals surface area contributed by atoms with Crippen molar-refractivity contribution >= 4 is 27.7 Å². The van der Waals surface area contributed by atoms with Crippen LogP contribution in [0.3, 0.4) is 0 Å². The molecule has 0 saturated heterocycles. The predicted molar refractivity (Wildman–Crippen MR) is 117 cm³/mol. The number of nitrogens with one attached hydrogen (secondary N) is 1. The van der Waals surface area contributed by atoms with Gasteiger partial charge in [-0.3, -0.25) is 9.59 Å². The van der Waals surface area contributed by atoms with E-state index in [2.05, 4.69) is 28.2 Å². The van der Waals surface area contributed by atoms with E-state index in [0.717, 1.165) is 34.0 Å². The van der Waals surface area contributed by atoms with Gasteiger partial charge < -0.3 is 10.2 Å². The fourth-order valence-corrected chi connectivity index (χ4v) is 3.15. The zero-order chi connectivity index (χ0) is 20.5. The van der Waals surface area contributed by atoms with Crippen LogP contribution in [0.1, 0.15) is 43.4 Å². The Labute approximate surface area is 176 Å². The maximum Gasteiger partial charge on any atom is 0.242 e. The number of rotatable bonds is 9. The topological polar surface area (TPSA) is 49.4 Å². The van der Waals surface area contributed by atoms with Gasteiger partial charge in [0.1, 0.15) is 6.04 Å². The first-order valence-corrected chi connectivity index (χ1v) is 10.6. The van der Waals surface area contributed by atoms with Gasteiger partial charge in [0, 0.05) is 17.6 Å². The van der Waals surface area contributed by atoms with Crippen molar-refractivity contribution in [3.05, 3.63) is 69.7 Å². The Kier molecular flexibility index (Phi) is 8.71. The number of amides is 2. The lowest BCUT2D eigenvalue weighted by molar-refractivity contribution is -0.140. The standard InChI is InChI=1S/C23H29BrN2O2/c1-4-5-14-25-23(28)18(3)26(16-20-10-12-21(24)13-11-20)22(27)15-19-8-6-17(2)7-9-19/h6-13,18H,4-5,14-16H2,1-3H3,(H,25,28)/t18-/m0/s1. The molecule has 2 amide bonds. The van der Waals surface area contributed by atoms with Gasteiger partial charge in [-0.2, -0.15) is 0 Å². The Hall–Kier alpha value is -2.14. The largest absolute Gasteiger partial charge is 0.354 e. The average molecular weight is 445 g/mol. The Morgan fingerprint density at radius 3 is 2.25 bits per heavy atom. The van der Waals surface area contributed by atoms with Crippen LogP contribution < -0.4 is 5.32 Å². The van der Waals surface area contributed by atoms with Crippen LogP contribution in [0.5, 0.6) is 0 Å². The van der Waals surface area contributed by atoms with Gasteiger partial charge in [0.15, 0.2) is 0 Å². The van der Waals surface area contributed by atoms with Crippen LogP contribution >= 0.6 is 15.9 Å². The van der Waals surface area contributed by atoms with Gasteiger partial charge in [0.05, 0.1) is 6.42 Å². The van der Waals surface area contributed by atoms with Crippen LogP contribution in [-0.4, -0.2) is 29.3 Å². The first-order chi connectivity index (χ1) is 13.4. The molecule has 2 aromatic carbocycles. The van der Waals surface area contributed by atoms with Gasteiger partial charge in [-0.1, -0.05) is 71.2 Å². The molecule has 0 aliphatic heterocycles. The molecule has 0 aliphatic rings. The van der Waals surface area contributed by atoms with Gasteiger partial charge >= 0.3 is 0 Å². The van der Waals surface area contributed by atoms with Crippen LogP contribution in [0.2, 0.25) is 0 Å². The molecule has 0 unspecified atom stereocenters. The molecule has 0 aliphatic carbocycles. The van der Waals surface area contributed by atoms with Gasteiger partial charge in [0.25, 0.3) is 0 Å². The summed E-state index contributed by atoms with van der Waals surface area (Å²) >= 11 is 3.43. The summed E-state index contributed by atoms with van der Waals surface area (Å²) in [5.41, 5.74) is 3.11. The third kappa shape index (κ3) is 6.79. The van der Waals surface area contributed by atoms with Crippen molar-refractivity contribution in [3.8, 4) is 0 Å². The first kappa shape index (κ1) is 22.2. The lowest BCUT2D eigenvalue weighted by atomic mass is 10.1. The SMILES string of the molecule is CCCCNC(=O)[C@H](C)N(Cc1ccc(Br)cc1)C(=O)Cc1ccc(C)cc1. The molecule has 2 rings (SSSR count). The lowest BCUT2D eigenvalue weighted by Gasteiger charge is -2.29. The molecule has 1 N–H and O–H groups in total. The van der Waals surface area contributed by atoms with E-state index in [4.69, 9.17) is 0 Å². The number of hydrogen-bond acceptors (Lipinski definition) is 2. The molecule has 0 bridgehead atoms. The number of hydrogen-bond donors (Lipinski definition) is 1. The van der Waals surface area contributed by atoms with Crippen molar-refractivity contribution in [2.24, 2.45) is 0 Å². The molecule has 0 fully saturated rings. The lowest BCUT2D eigenvalue weighted by Crippen LogP contribution is -2.48. The molecule has 4 nitrogen and oxygen atoms in total. The highest BCUT2D eigenvalue weighted by atomic mass is 79.9. The Morgan fingerprint density at radius 1 is 1.04 bits per heavy atom. The van der Waals surface area contributed by atoms with Gasteiger partial charge in [-0.25, -0.2) is 0 Å². The fourth-order valence-electron chi connectivity index (χ4n) is 2.89. The minimum absolute atomic E-state index is 0.0510. The van der Waals surface area contributed by atoms with E-state index in [1.807, 2.05) is 55.5 Å². The quantitative estimate of drug-likeness (QED) is 0.572. The fraction of sp³-hybridized carbons (Fsp3) is 0.391. The molecular formula is C23H29BrN2O2. The molecule has 0 aromatic heterocycles. The number of carbonyl (C=O) groups is 2. The number of carbonyl (C=O) groups excluding carboxylic acids is 2. The first-order valence-electron chi connectivity index (χ1n) is 9.78. The zero-order valence-electron chi connectivity index (χ0n) is 16.9. The second-order valence-corrected chi connectivity index (χ2v) is 8.05. The maximum absolute atomic E-state index is 13.1. The summed E-state index contributed by atoms with van der Waals surface area (Å²) in [6.07, 6.45) is 2.23. The summed E-state index contributed by atoms with van der Waals surface area (Å²) in [7, 11) is 0. The van der Waals surface area contributed by atoms with E-state index in [-0.39, 0.29) is 18.2 Å². The molecule has 0 heterocycles. The third-order valence-electron chi connectivity index (χ3n) is 4.74. The van der Waals surface area contributed by atoms with Crippen molar-refractivity contribution in [1.82, 2.24) is 10.2 Å². The highest BCUT2D eigenvalue weighted by Gasteiger charge is 2.26.